The molecule has 2 rings (SSSR count). The van der Waals surface area contributed by atoms with Crippen LogP contribution in [-0.4, -0.2) is 10.9 Å². The van der Waals surface area contributed by atoms with Crippen LogP contribution >= 0.6 is 11.6 Å². The molecular weight excluding hydrogens is 274 g/mol. The predicted octanol–water partition coefficient (Wildman–Crippen LogP) is 3.28. The van der Waals surface area contributed by atoms with Gasteiger partial charge in [0.15, 0.2) is 0 Å². The zero-order chi connectivity index (χ0) is 14.4. The minimum absolute atomic E-state index is 0.0103. The average Bonchev–Trinajstić information content (AvgIpc) is 2.45. The molecule has 1 aromatic heterocycles. The Morgan fingerprint density at radius 3 is 2.70 bits per heavy atom. The van der Waals surface area contributed by atoms with Crippen LogP contribution in [0.15, 0.2) is 54.4 Å². The number of nitrogens with zero attached hydrogens (tertiary/aromatic N) is 2. The molecule has 1 amide bonds. The number of pyridine rings is 1. The number of carbonyl (C=O) groups excluding carboxylic acids is 1. The van der Waals surface area contributed by atoms with Crippen LogP contribution in [0.3, 0.4) is 0 Å². The van der Waals surface area contributed by atoms with Crippen molar-refractivity contribution in [2.24, 2.45) is 0 Å². The van der Waals surface area contributed by atoms with Crippen molar-refractivity contribution in [3.8, 4) is 6.07 Å². The van der Waals surface area contributed by atoms with E-state index in [2.05, 4.69) is 10.3 Å². The summed E-state index contributed by atoms with van der Waals surface area (Å²) in [6, 6.07) is 12.0. The van der Waals surface area contributed by atoms with Crippen LogP contribution in [-0.2, 0) is 4.79 Å². The molecule has 2 aromatic rings. The van der Waals surface area contributed by atoms with Crippen molar-refractivity contribution < 1.29 is 4.79 Å². The smallest absolute Gasteiger partial charge is 0.266 e. The molecule has 1 N–H and O–H groups in total. The fourth-order valence-corrected chi connectivity index (χ4v) is 1.73. The van der Waals surface area contributed by atoms with E-state index in [1.807, 2.05) is 6.07 Å². The van der Waals surface area contributed by atoms with Crippen LogP contribution in [0.4, 0.5) is 5.69 Å². The van der Waals surface area contributed by atoms with Crippen molar-refractivity contribution in [1.29, 1.82) is 5.26 Å². The molecule has 98 valence electrons. The number of hydrogen-bond donors (Lipinski definition) is 1. The third kappa shape index (κ3) is 3.67. The first-order chi connectivity index (χ1) is 9.69. The van der Waals surface area contributed by atoms with E-state index in [-0.39, 0.29) is 5.57 Å². The van der Waals surface area contributed by atoms with Gasteiger partial charge in [0.2, 0.25) is 0 Å². The molecule has 0 radical (unpaired) electrons. The van der Waals surface area contributed by atoms with E-state index >= 15 is 0 Å². The Balaban J connectivity index is 2.19. The van der Waals surface area contributed by atoms with Gasteiger partial charge in [-0.25, -0.2) is 0 Å². The van der Waals surface area contributed by atoms with Gasteiger partial charge in [-0.2, -0.15) is 5.26 Å². The maximum Gasteiger partial charge on any atom is 0.266 e. The minimum Gasteiger partial charge on any atom is -0.321 e. The molecule has 0 bridgehead atoms. The van der Waals surface area contributed by atoms with Crippen molar-refractivity contribution in [3.63, 3.8) is 0 Å². The molecule has 0 aliphatic carbocycles. The first kappa shape index (κ1) is 13.8. The number of aromatic nitrogens is 1. The maximum atomic E-state index is 12.0. The summed E-state index contributed by atoms with van der Waals surface area (Å²) in [5.41, 5.74) is 1.28. The fraction of sp³-hybridized carbons (Fsp3) is 0. The summed E-state index contributed by atoms with van der Waals surface area (Å²) in [7, 11) is 0. The highest BCUT2D eigenvalue weighted by atomic mass is 35.5. The predicted molar refractivity (Wildman–Crippen MR) is 77.9 cm³/mol. The molecule has 0 aliphatic rings. The lowest BCUT2D eigenvalue weighted by Crippen LogP contribution is -2.13. The number of carbonyl (C=O) groups is 1. The quantitative estimate of drug-likeness (QED) is 0.694. The van der Waals surface area contributed by atoms with Crippen molar-refractivity contribution in [1.82, 2.24) is 4.98 Å². The normalized spacial score (nSPS) is 10.7. The largest absolute Gasteiger partial charge is 0.321 e. The highest BCUT2D eigenvalue weighted by Crippen LogP contribution is 2.16. The minimum atomic E-state index is -0.480. The number of benzene rings is 1. The van der Waals surface area contributed by atoms with Crippen molar-refractivity contribution in [2.45, 2.75) is 0 Å². The van der Waals surface area contributed by atoms with Crippen LogP contribution in [0.1, 0.15) is 5.56 Å². The fourth-order valence-electron chi connectivity index (χ4n) is 1.54. The summed E-state index contributed by atoms with van der Waals surface area (Å²) in [6.07, 6.45) is 4.69. The number of amides is 1. The standard InChI is InChI=1S/C15H10ClN3O/c16-13-2-1-3-14(9-13)19-15(20)12(10-17)8-11-4-6-18-7-5-11/h1-9H,(H,19,20). The molecule has 1 aromatic carbocycles. The van der Waals surface area contributed by atoms with Crippen molar-refractivity contribution >= 4 is 29.3 Å². The van der Waals surface area contributed by atoms with Gasteiger partial charge < -0.3 is 5.32 Å². The second-order valence-corrected chi connectivity index (χ2v) is 4.35. The van der Waals surface area contributed by atoms with Gasteiger partial charge in [0.1, 0.15) is 11.6 Å². The van der Waals surface area contributed by atoms with Gasteiger partial charge in [-0.3, -0.25) is 9.78 Å². The second-order valence-electron chi connectivity index (χ2n) is 3.91. The summed E-state index contributed by atoms with van der Waals surface area (Å²) >= 11 is 5.83. The molecule has 0 atom stereocenters. The van der Waals surface area contributed by atoms with E-state index in [4.69, 9.17) is 16.9 Å². The zero-order valence-corrected chi connectivity index (χ0v) is 11.1. The summed E-state index contributed by atoms with van der Waals surface area (Å²) in [5, 5.41) is 12.2. The zero-order valence-electron chi connectivity index (χ0n) is 10.4. The number of nitrogens with one attached hydrogen (secondary N) is 1. The highest BCUT2D eigenvalue weighted by molar-refractivity contribution is 6.31. The van der Waals surface area contributed by atoms with Gasteiger partial charge in [-0.15, -0.1) is 0 Å². The number of anilines is 1. The molecule has 20 heavy (non-hydrogen) atoms. The summed E-state index contributed by atoms with van der Waals surface area (Å²) in [4.78, 5) is 15.9. The Hall–Kier alpha value is -2.64. The lowest BCUT2D eigenvalue weighted by atomic mass is 10.1. The van der Waals surface area contributed by atoms with Crippen LogP contribution < -0.4 is 5.32 Å². The van der Waals surface area contributed by atoms with Crippen LogP contribution in [0.5, 0.6) is 0 Å². The van der Waals surface area contributed by atoms with Crippen molar-refractivity contribution in [2.75, 3.05) is 5.32 Å². The molecule has 4 nitrogen and oxygen atoms in total. The topological polar surface area (TPSA) is 65.8 Å². The Bertz CT molecular complexity index is 690. The van der Waals surface area contributed by atoms with E-state index in [1.54, 1.807) is 48.8 Å². The maximum absolute atomic E-state index is 12.0. The van der Waals surface area contributed by atoms with Crippen LogP contribution in [0.2, 0.25) is 5.02 Å². The summed E-state index contributed by atoms with van der Waals surface area (Å²) in [5.74, 6) is -0.480. The Morgan fingerprint density at radius 2 is 2.05 bits per heavy atom. The lowest BCUT2D eigenvalue weighted by molar-refractivity contribution is -0.112. The van der Waals surface area contributed by atoms with Gasteiger partial charge in [0, 0.05) is 23.1 Å². The van der Waals surface area contributed by atoms with Gasteiger partial charge >= 0.3 is 0 Å². The number of rotatable bonds is 3. The molecular formula is C15H10ClN3O. The summed E-state index contributed by atoms with van der Waals surface area (Å²) in [6.45, 7) is 0. The van der Waals surface area contributed by atoms with E-state index in [0.717, 1.165) is 5.56 Å². The first-order valence-electron chi connectivity index (χ1n) is 5.78. The van der Waals surface area contributed by atoms with E-state index in [1.165, 1.54) is 6.08 Å². The number of halogens is 1. The molecule has 0 unspecified atom stereocenters. The molecule has 0 aliphatic heterocycles. The van der Waals surface area contributed by atoms with E-state index < -0.39 is 5.91 Å². The van der Waals surface area contributed by atoms with Crippen LogP contribution in [0, 0.1) is 11.3 Å². The molecule has 0 saturated heterocycles. The summed E-state index contributed by atoms with van der Waals surface area (Å²) < 4.78 is 0. The van der Waals surface area contributed by atoms with E-state index in [0.29, 0.717) is 10.7 Å². The van der Waals surface area contributed by atoms with Crippen molar-refractivity contribution in [3.05, 3.63) is 65.0 Å². The monoisotopic (exact) mass is 283 g/mol. The van der Waals surface area contributed by atoms with Gasteiger partial charge in [0.25, 0.3) is 5.91 Å². The Kier molecular flexibility index (Phi) is 4.48. The lowest BCUT2D eigenvalue weighted by Gasteiger charge is -2.04. The van der Waals surface area contributed by atoms with E-state index in [9.17, 15) is 4.79 Å². The molecule has 0 saturated carbocycles. The second kappa shape index (κ2) is 6.50. The first-order valence-corrected chi connectivity index (χ1v) is 6.15. The molecule has 0 spiro atoms. The number of hydrogen-bond acceptors (Lipinski definition) is 3. The Labute approximate surface area is 121 Å². The third-order valence-electron chi connectivity index (χ3n) is 2.46. The van der Waals surface area contributed by atoms with Gasteiger partial charge in [-0.05, 0) is 42.0 Å². The number of nitriles is 1. The third-order valence-corrected chi connectivity index (χ3v) is 2.70. The SMILES string of the molecule is N#CC(=Cc1ccncc1)C(=O)Nc1cccc(Cl)c1. The van der Waals surface area contributed by atoms with Gasteiger partial charge in [0.05, 0.1) is 0 Å². The molecule has 5 heteroatoms. The molecule has 1 heterocycles. The van der Waals surface area contributed by atoms with Gasteiger partial charge in [-0.1, -0.05) is 17.7 Å². The average molecular weight is 284 g/mol. The highest BCUT2D eigenvalue weighted by Gasteiger charge is 2.09. The Morgan fingerprint density at radius 1 is 1.30 bits per heavy atom. The molecule has 0 fully saturated rings. The van der Waals surface area contributed by atoms with Crippen LogP contribution in [0.25, 0.3) is 6.08 Å².